The minimum atomic E-state index is -0.786. The van der Waals surface area contributed by atoms with E-state index in [9.17, 15) is 4.79 Å². The normalized spacial score (nSPS) is 17.8. The molecule has 1 aliphatic heterocycles. The highest BCUT2D eigenvalue weighted by Crippen LogP contribution is 2.11. The molecule has 6 heteroatoms. The van der Waals surface area contributed by atoms with E-state index in [0.717, 1.165) is 44.2 Å². The number of rotatable bonds is 3. The molecule has 0 radical (unpaired) electrons. The molecule has 0 saturated carbocycles. The summed E-state index contributed by atoms with van der Waals surface area (Å²) in [6.45, 7) is 9.27. The lowest BCUT2D eigenvalue weighted by atomic mass is 10.0. The molecule has 2 heterocycles. The number of carbonyl (C=O) groups excluding carboxylic acids is 1. The Kier molecular flexibility index (Phi) is 3.91. The quantitative estimate of drug-likeness (QED) is 0.855. The highest BCUT2D eigenvalue weighted by molar-refractivity contribution is 5.85. The SMILES string of the molecule is Cc1cc(CN2CCN(C(=O)C(C)(C)N)CC2)no1. The summed E-state index contributed by atoms with van der Waals surface area (Å²) in [6.07, 6.45) is 0. The van der Waals surface area contributed by atoms with Crippen LogP contribution in [0.3, 0.4) is 0 Å². The standard InChI is InChI=1S/C13H22N4O2/c1-10-8-11(15-19-10)9-16-4-6-17(7-5-16)12(18)13(2,3)14/h8H,4-7,9,14H2,1-3H3. The van der Waals surface area contributed by atoms with Gasteiger partial charge >= 0.3 is 0 Å². The summed E-state index contributed by atoms with van der Waals surface area (Å²) < 4.78 is 5.05. The molecular formula is C13H22N4O2. The lowest BCUT2D eigenvalue weighted by molar-refractivity contribution is -0.137. The van der Waals surface area contributed by atoms with Crippen molar-refractivity contribution in [1.29, 1.82) is 0 Å². The number of amides is 1. The monoisotopic (exact) mass is 266 g/mol. The van der Waals surface area contributed by atoms with Crippen molar-refractivity contribution in [2.45, 2.75) is 32.9 Å². The van der Waals surface area contributed by atoms with Gasteiger partial charge in [0.25, 0.3) is 0 Å². The first-order valence-corrected chi connectivity index (χ1v) is 6.59. The number of carbonyl (C=O) groups is 1. The molecule has 106 valence electrons. The Hall–Kier alpha value is -1.40. The predicted octanol–water partition coefficient (Wildman–Crippen LogP) is 0.365. The van der Waals surface area contributed by atoms with Gasteiger partial charge in [0.05, 0.1) is 11.2 Å². The molecule has 1 amide bonds. The summed E-state index contributed by atoms with van der Waals surface area (Å²) in [7, 11) is 0. The van der Waals surface area contributed by atoms with Gasteiger partial charge in [-0.2, -0.15) is 0 Å². The van der Waals surface area contributed by atoms with Crippen LogP contribution in [0.5, 0.6) is 0 Å². The van der Waals surface area contributed by atoms with Gasteiger partial charge in [0.15, 0.2) is 0 Å². The highest BCUT2D eigenvalue weighted by Gasteiger charge is 2.30. The van der Waals surface area contributed by atoms with Crippen LogP contribution in [0, 0.1) is 6.92 Å². The van der Waals surface area contributed by atoms with Crippen LogP contribution in [0.4, 0.5) is 0 Å². The van der Waals surface area contributed by atoms with Gasteiger partial charge in [0.2, 0.25) is 5.91 Å². The van der Waals surface area contributed by atoms with E-state index in [4.69, 9.17) is 10.3 Å². The smallest absolute Gasteiger partial charge is 0.242 e. The third-order valence-corrected chi connectivity index (χ3v) is 3.27. The molecule has 1 saturated heterocycles. The van der Waals surface area contributed by atoms with Crippen LogP contribution in [-0.2, 0) is 11.3 Å². The summed E-state index contributed by atoms with van der Waals surface area (Å²) in [4.78, 5) is 16.1. The zero-order valence-corrected chi connectivity index (χ0v) is 11.8. The maximum Gasteiger partial charge on any atom is 0.242 e. The molecule has 0 spiro atoms. The molecule has 6 nitrogen and oxygen atoms in total. The Morgan fingerprint density at radius 3 is 2.53 bits per heavy atom. The van der Waals surface area contributed by atoms with Crippen LogP contribution in [0.1, 0.15) is 25.3 Å². The summed E-state index contributed by atoms with van der Waals surface area (Å²) in [5.74, 6) is 0.845. The number of aryl methyl sites for hydroxylation is 1. The van der Waals surface area contributed by atoms with Crippen LogP contribution in [-0.4, -0.2) is 52.6 Å². The van der Waals surface area contributed by atoms with Crippen molar-refractivity contribution in [3.8, 4) is 0 Å². The third-order valence-electron chi connectivity index (χ3n) is 3.27. The maximum absolute atomic E-state index is 12.0. The lowest BCUT2D eigenvalue weighted by Crippen LogP contribution is -2.56. The van der Waals surface area contributed by atoms with Crippen LogP contribution in [0.15, 0.2) is 10.6 Å². The fourth-order valence-corrected chi connectivity index (χ4v) is 2.24. The fourth-order valence-electron chi connectivity index (χ4n) is 2.24. The molecular weight excluding hydrogens is 244 g/mol. The van der Waals surface area contributed by atoms with E-state index in [2.05, 4.69) is 10.1 Å². The Labute approximate surface area is 113 Å². The average Bonchev–Trinajstić information content (AvgIpc) is 2.74. The lowest BCUT2D eigenvalue weighted by Gasteiger charge is -2.37. The van der Waals surface area contributed by atoms with Gasteiger partial charge in [-0.1, -0.05) is 5.16 Å². The van der Waals surface area contributed by atoms with Crippen molar-refractivity contribution in [3.63, 3.8) is 0 Å². The molecule has 2 N–H and O–H groups in total. The topological polar surface area (TPSA) is 75.6 Å². The predicted molar refractivity (Wildman–Crippen MR) is 71.4 cm³/mol. The minimum Gasteiger partial charge on any atom is -0.361 e. The first kappa shape index (κ1) is 14.0. The second-order valence-electron chi connectivity index (χ2n) is 5.72. The van der Waals surface area contributed by atoms with Crippen LogP contribution < -0.4 is 5.73 Å². The van der Waals surface area contributed by atoms with Gasteiger partial charge in [-0.15, -0.1) is 0 Å². The fraction of sp³-hybridized carbons (Fsp3) is 0.692. The molecule has 1 aliphatic rings. The van der Waals surface area contributed by atoms with Gasteiger partial charge in [-0.3, -0.25) is 9.69 Å². The number of nitrogens with two attached hydrogens (primary N) is 1. The highest BCUT2D eigenvalue weighted by atomic mass is 16.5. The second-order valence-corrected chi connectivity index (χ2v) is 5.72. The largest absolute Gasteiger partial charge is 0.361 e. The second kappa shape index (κ2) is 5.30. The summed E-state index contributed by atoms with van der Waals surface area (Å²) in [5.41, 5.74) is 6.00. The zero-order valence-electron chi connectivity index (χ0n) is 11.8. The van der Waals surface area contributed by atoms with Crippen molar-refractivity contribution in [2.24, 2.45) is 5.73 Å². The van der Waals surface area contributed by atoms with E-state index in [1.807, 2.05) is 17.9 Å². The van der Waals surface area contributed by atoms with Crippen molar-refractivity contribution in [2.75, 3.05) is 26.2 Å². The molecule has 0 bridgehead atoms. The molecule has 1 aromatic rings. The van der Waals surface area contributed by atoms with Gasteiger partial charge in [0.1, 0.15) is 5.76 Å². The zero-order chi connectivity index (χ0) is 14.0. The molecule has 0 atom stereocenters. The Morgan fingerprint density at radius 2 is 2.05 bits per heavy atom. The summed E-state index contributed by atoms with van der Waals surface area (Å²) in [5, 5.41) is 3.99. The van der Waals surface area contributed by atoms with E-state index in [1.54, 1.807) is 13.8 Å². The van der Waals surface area contributed by atoms with Crippen LogP contribution >= 0.6 is 0 Å². The van der Waals surface area contributed by atoms with Crippen LogP contribution in [0.2, 0.25) is 0 Å². The van der Waals surface area contributed by atoms with Crippen LogP contribution in [0.25, 0.3) is 0 Å². The van der Waals surface area contributed by atoms with Crippen molar-refractivity contribution < 1.29 is 9.32 Å². The van der Waals surface area contributed by atoms with E-state index >= 15 is 0 Å². The summed E-state index contributed by atoms with van der Waals surface area (Å²) >= 11 is 0. The Balaban J connectivity index is 1.84. The van der Waals surface area contributed by atoms with Gasteiger partial charge in [0, 0.05) is 38.8 Å². The molecule has 19 heavy (non-hydrogen) atoms. The number of piperazine rings is 1. The maximum atomic E-state index is 12.0. The Bertz CT molecular complexity index is 442. The van der Waals surface area contributed by atoms with Gasteiger partial charge < -0.3 is 15.2 Å². The van der Waals surface area contributed by atoms with E-state index in [-0.39, 0.29) is 5.91 Å². The number of nitrogens with zero attached hydrogens (tertiary/aromatic N) is 3. The van der Waals surface area contributed by atoms with Crippen molar-refractivity contribution >= 4 is 5.91 Å². The van der Waals surface area contributed by atoms with E-state index in [1.165, 1.54) is 0 Å². The molecule has 1 fully saturated rings. The Morgan fingerprint density at radius 1 is 1.42 bits per heavy atom. The summed E-state index contributed by atoms with van der Waals surface area (Å²) in [6, 6.07) is 1.94. The van der Waals surface area contributed by atoms with E-state index < -0.39 is 5.54 Å². The number of aromatic nitrogens is 1. The first-order chi connectivity index (χ1) is 8.86. The van der Waals surface area contributed by atoms with E-state index in [0.29, 0.717) is 0 Å². The molecule has 0 unspecified atom stereocenters. The first-order valence-electron chi connectivity index (χ1n) is 6.59. The molecule has 0 aliphatic carbocycles. The average molecular weight is 266 g/mol. The molecule has 0 aromatic carbocycles. The third kappa shape index (κ3) is 3.54. The van der Waals surface area contributed by atoms with Gasteiger partial charge in [-0.25, -0.2) is 0 Å². The number of hydrogen-bond donors (Lipinski definition) is 1. The minimum absolute atomic E-state index is 0.0180. The molecule has 1 aromatic heterocycles. The van der Waals surface area contributed by atoms with Crippen molar-refractivity contribution in [1.82, 2.24) is 15.0 Å². The van der Waals surface area contributed by atoms with Gasteiger partial charge in [-0.05, 0) is 20.8 Å². The number of hydrogen-bond acceptors (Lipinski definition) is 5. The molecule has 2 rings (SSSR count). The van der Waals surface area contributed by atoms with Crippen molar-refractivity contribution in [3.05, 3.63) is 17.5 Å².